The molecule has 1 saturated heterocycles. The van der Waals surface area contributed by atoms with Crippen molar-refractivity contribution in [3.63, 3.8) is 0 Å². The van der Waals surface area contributed by atoms with Gasteiger partial charge in [0.2, 0.25) is 12.0 Å². The van der Waals surface area contributed by atoms with E-state index in [9.17, 15) is 9.59 Å². The molecule has 2 aliphatic rings. The van der Waals surface area contributed by atoms with Crippen molar-refractivity contribution in [1.29, 1.82) is 0 Å². The van der Waals surface area contributed by atoms with Crippen molar-refractivity contribution in [2.45, 2.75) is 6.10 Å². The summed E-state index contributed by atoms with van der Waals surface area (Å²) in [6.45, 7) is 0. The monoisotopic (exact) mass is 404 g/mol. The Bertz CT molecular complexity index is 882. The lowest BCUT2D eigenvalue weighted by atomic mass is 9.94. The average Bonchev–Trinajstić information content (AvgIpc) is 3.09. The second-order valence-electron chi connectivity index (χ2n) is 5.48. The van der Waals surface area contributed by atoms with E-state index in [2.05, 4.69) is 21.1 Å². The molecular weight excluding hydrogens is 396 g/mol. The lowest BCUT2D eigenvalue weighted by molar-refractivity contribution is -0.126. The van der Waals surface area contributed by atoms with E-state index in [1.807, 2.05) is 24.3 Å². The Morgan fingerprint density at radius 2 is 1.83 bits per heavy atom. The summed E-state index contributed by atoms with van der Waals surface area (Å²) >= 11 is 9.34. The minimum Gasteiger partial charge on any atom is -0.381 e. The SMILES string of the molecule is O=C1C2ON=C(c3ccc(Br)cc3)C2C(=O)N1c1cccc(Cl)c1. The van der Waals surface area contributed by atoms with Gasteiger partial charge in [-0.2, -0.15) is 0 Å². The van der Waals surface area contributed by atoms with Gasteiger partial charge < -0.3 is 4.84 Å². The summed E-state index contributed by atoms with van der Waals surface area (Å²) in [5.41, 5.74) is 1.65. The number of anilines is 1. The molecule has 2 amide bonds. The molecule has 2 unspecified atom stereocenters. The molecular formula is C17H10BrClN2O3. The van der Waals surface area contributed by atoms with Crippen LogP contribution in [0.25, 0.3) is 0 Å². The molecule has 0 saturated carbocycles. The molecule has 2 atom stereocenters. The van der Waals surface area contributed by atoms with Crippen molar-refractivity contribution in [1.82, 2.24) is 0 Å². The second kappa shape index (κ2) is 5.72. The third-order valence-electron chi connectivity index (χ3n) is 4.02. The predicted octanol–water partition coefficient (Wildman–Crippen LogP) is 3.40. The first-order valence-corrected chi connectivity index (χ1v) is 8.36. The number of fused-ring (bicyclic) bond motifs is 1. The topological polar surface area (TPSA) is 59.0 Å². The van der Waals surface area contributed by atoms with E-state index >= 15 is 0 Å². The number of oxime groups is 1. The van der Waals surface area contributed by atoms with Crippen molar-refractivity contribution in [3.8, 4) is 0 Å². The average molecular weight is 406 g/mol. The Balaban J connectivity index is 1.71. The summed E-state index contributed by atoms with van der Waals surface area (Å²) in [6.07, 6.45) is -0.921. The fourth-order valence-electron chi connectivity index (χ4n) is 2.91. The minimum absolute atomic E-state index is 0.355. The van der Waals surface area contributed by atoms with E-state index in [4.69, 9.17) is 16.4 Å². The van der Waals surface area contributed by atoms with E-state index in [1.165, 1.54) is 0 Å². The first-order chi connectivity index (χ1) is 11.6. The summed E-state index contributed by atoms with van der Waals surface area (Å²) in [6, 6.07) is 14.0. The molecule has 5 nitrogen and oxygen atoms in total. The van der Waals surface area contributed by atoms with Gasteiger partial charge in [-0.1, -0.05) is 50.9 Å². The lowest BCUT2D eigenvalue weighted by Crippen LogP contribution is -2.33. The van der Waals surface area contributed by atoms with Gasteiger partial charge in [0.15, 0.2) is 0 Å². The number of hydrogen-bond donors (Lipinski definition) is 0. The first-order valence-electron chi connectivity index (χ1n) is 7.19. The van der Waals surface area contributed by atoms with E-state index in [-0.39, 0.29) is 5.91 Å². The summed E-state index contributed by atoms with van der Waals surface area (Å²) in [5, 5.41) is 4.43. The summed E-state index contributed by atoms with van der Waals surface area (Å²) < 4.78 is 0.914. The van der Waals surface area contributed by atoms with Crippen LogP contribution >= 0.6 is 27.5 Å². The van der Waals surface area contributed by atoms with Crippen LogP contribution in [0.3, 0.4) is 0 Å². The Morgan fingerprint density at radius 3 is 2.54 bits per heavy atom. The molecule has 4 rings (SSSR count). The smallest absolute Gasteiger partial charge is 0.278 e. The minimum atomic E-state index is -0.921. The number of amides is 2. The van der Waals surface area contributed by atoms with E-state index in [1.54, 1.807) is 24.3 Å². The molecule has 2 aromatic carbocycles. The van der Waals surface area contributed by atoms with E-state index in [0.29, 0.717) is 16.4 Å². The number of carbonyl (C=O) groups excluding carboxylic acids is 2. The lowest BCUT2D eigenvalue weighted by Gasteiger charge is -2.15. The van der Waals surface area contributed by atoms with Gasteiger partial charge in [0, 0.05) is 15.1 Å². The highest BCUT2D eigenvalue weighted by Crippen LogP contribution is 2.35. The number of rotatable bonds is 2. The summed E-state index contributed by atoms with van der Waals surface area (Å²) in [4.78, 5) is 31.8. The van der Waals surface area contributed by atoms with Gasteiger partial charge >= 0.3 is 0 Å². The molecule has 0 N–H and O–H groups in total. The van der Waals surface area contributed by atoms with Gasteiger partial charge in [0.05, 0.1) is 5.69 Å². The number of nitrogens with zero attached hydrogens (tertiary/aromatic N) is 2. The van der Waals surface area contributed by atoms with Gasteiger partial charge in [-0.25, -0.2) is 4.90 Å². The molecule has 120 valence electrons. The van der Waals surface area contributed by atoms with Gasteiger partial charge in [-0.15, -0.1) is 0 Å². The maximum Gasteiger partial charge on any atom is 0.278 e. The van der Waals surface area contributed by atoms with Crippen LogP contribution in [-0.4, -0.2) is 23.6 Å². The normalized spacial score (nSPS) is 22.4. The van der Waals surface area contributed by atoms with Crippen LogP contribution in [0.1, 0.15) is 5.56 Å². The molecule has 0 radical (unpaired) electrons. The largest absolute Gasteiger partial charge is 0.381 e. The van der Waals surface area contributed by atoms with Gasteiger partial charge in [0.25, 0.3) is 5.91 Å². The maximum absolute atomic E-state index is 12.9. The standard InChI is InChI=1S/C17H10BrClN2O3/c18-10-6-4-9(5-7-10)14-13-15(24-20-14)17(23)21(16(13)22)12-3-1-2-11(19)8-12/h1-8,13,15H. The highest BCUT2D eigenvalue weighted by atomic mass is 79.9. The van der Waals surface area contributed by atoms with Gasteiger partial charge in [0.1, 0.15) is 11.6 Å². The van der Waals surface area contributed by atoms with Crippen LogP contribution in [0, 0.1) is 5.92 Å². The summed E-state index contributed by atoms with van der Waals surface area (Å²) in [5.74, 6) is -1.52. The highest BCUT2D eigenvalue weighted by Gasteiger charge is 2.56. The third-order valence-corrected chi connectivity index (χ3v) is 4.78. The Labute approximate surface area is 151 Å². The number of carbonyl (C=O) groups is 2. The Hall–Kier alpha value is -2.18. The van der Waals surface area contributed by atoms with Crippen molar-refractivity contribution in [2.24, 2.45) is 11.1 Å². The molecule has 1 fully saturated rings. The first kappa shape index (κ1) is 15.4. The van der Waals surface area contributed by atoms with Crippen LogP contribution in [-0.2, 0) is 14.4 Å². The van der Waals surface area contributed by atoms with Crippen LogP contribution < -0.4 is 4.90 Å². The zero-order chi connectivity index (χ0) is 16.8. The maximum atomic E-state index is 12.9. The molecule has 2 aliphatic heterocycles. The molecule has 2 aromatic rings. The van der Waals surface area contributed by atoms with Crippen LogP contribution in [0.15, 0.2) is 58.2 Å². The van der Waals surface area contributed by atoms with Crippen molar-refractivity contribution >= 4 is 50.7 Å². The molecule has 0 aromatic heterocycles. The number of halogens is 2. The van der Waals surface area contributed by atoms with Gasteiger partial charge in [-0.05, 0) is 30.3 Å². The van der Waals surface area contributed by atoms with E-state index < -0.39 is 17.9 Å². The molecule has 2 heterocycles. The third kappa shape index (κ3) is 2.34. The second-order valence-corrected chi connectivity index (χ2v) is 6.83. The van der Waals surface area contributed by atoms with E-state index in [0.717, 1.165) is 14.9 Å². The number of benzene rings is 2. The molecule has 24 heavy (non-hydrogen) atoms. The number of imide groups is 1. The Kier molecular flexibility index (Phi) is 3.66. The van der Waals surface area contributed by atoms with Crippen LogP contribution in [0.4, 0.5) is 5.69 Å². The molecule has 0 bridgehead atoms. The predicted molar refractivity (Wildman–Crippen MR) is 93.0 cm³/mol. The highest BCUT2D eigenvalue weighted by molar-refractivity contribution is 9.10. The molecule has 0 aliphatic carbocycles. The number of hydrogen-bond acceptors (Lipinski definition) is 4. The van der Waals surface area contributed by atoms with Crippen molar-refractivity contribution < 1.29 is 14.4 Å². The van der Waals surface area contributed by atoms with Gasteiger partial charge in [-0.3, -0.25) is 9.59 Å². The fourth-order valence-corrected chi connectivity index (χ4v) is 3.36. The zero-order valence-electron chi connectivity index (χ0n) is 12.1. The zero-order valence-corrected chi connectivity index (χ0v) is 14.5. The fraction of sp³-hybridized carbons (Fsp3) is 0.118. The van der Waals surface area contributed by atoms with Crippen molar-refractivity contribution in [2.75, 3.05) is 4.90 Å². The summed E-state index contributed by atoms with van der Waals surface area (Å²) in [7, 11) is 0. The van der Waals surface area contributed by atoms with Crippen molar-refractivity contribution in [3.05, 3.63) is 63.6 Å². The van der Waals surface area contributed by atoms with Crippen LogP contribution in [0.2, 0.25) is 5.02 Å². The van der Waals surface area contributed by atoms with Crippen LogP contribution in [0.5, 0.6) is 0 Å². The Morgan fingerprint density at radius 1 is 1.08 bits per heavy atom. The molecule has 0 spiro atoms. The quantitative estimate of drug-likeness (QED) is 0.720. The molecule has 7 heteroatoms.